The molecule has 0 amide bonds. The molecule has 0 spiro atoms. The Labute approximate surface area is 88.1 Å². The maximum atomic E-state index is 5.95. The van der Waals surface area contributed by atoms with Crippen LogP contribution >= 0.6 is 23.4 Å². The zero-order chi connectivity index (χ0) is 9.26. The number of nitrogens with zero attached hydrogens (tertiary/aromatic N) is 1. The normalized spacial score (nSPS) is 14.8. The van der Waals surface area contributed by atoms with Crippen molar-refractivity contribution in [1.82, 2.24) is 0 Å². The number of halogens is 1. The molecule has 70 valence electrons. The zero-order valence-electron chi connectivity index (χ0n) is 7.59. The summed E-state index contributed by atoms with van der Waals surface area (Å²) in [5.41, 5.74) is 1.30. The number of thioether (sulfide) groups is 1. The molecule has 0 aromatic heterocycles. The molecule has 0 saturated heterocycles. The Hall–Kier alpha value is -0.340. The van der Waals surface area contributed by atoms with Gasteiger partial charge in [-0.15, -0.1) is 11.8 Å². The van der Waals surface area contributed by atoms with E-state index in [1.54, 1.807) is 0 Å². The first-order valence-corrected chi connectivity index (χ1v) is 5.85. The molecule has 1 heterocycles. The SMILES string of the molecule is CCCN1CSc2ccc(Cl)cc21. The first-order valence-electron chi connectivity index (χ1n) is 4.48. The van der Waals surface area contributed by atoms with Gasteiger partial charge in [0.15, 0.2) is 0 Å². The Morgan fingerprint density at radius 1 is 1.54 bits per heavy atom. The minimum Gasteiger partial charge on any atom is -0.361 e. The van der Waals surface area contributed by atoms with Gasteiger partial charge in [0, 0.05) is 16.5 Å². The summed E-state index contributed by atoms with van der Waals surface area (Å²) in [5, 5.41) is 0.836. The Morgan fingerprint density at radius 3 is 3.15 bits per heavy atom. The molecule has 0 radical (unpaired) electrons. The first kappa shape index (κ1) is 9.22. The van der Waals surface area contributed by atoms with E-state index < -0.39 is 0 Å². The highest BCUT2D eigenvalue weighted by Crippen LogP contribution is 2.39. The molecule has 0 fully saturated rings. The van der Waals surface area contributed by atoms with Gasteiger partial charge in [-0.1, -0.05) is 18.5 Å². The smallest absolute Gasteiger partial charge is 0.0686 e. The maximum absolute atomic E-state index is 5.95. The molecular formula is C10H12ClNS. The standard InChI is InChI=1S/C10H12ClNS/c1-2-5-12-7-13-10-4-3-8(11)6-9(10)12/h3-4,6H,2,5,7H2,1H3. The largest absolute Gasteiger partial charge is 0.361 e. The lowest BCUT2D eigenvalue weighted by molar-refractivity contribution is 0.842. The van der Waals surface area contributed by atoms with Crippen molar-refractivity contribution in [2.45, 2.75) is 18.2 Å². The summed E-state index contributed by atoms with van der Waals surface area (Å²) in [6.07, 6.45) is 1.19. The molecule has 1 aliphatic heterocycles. The van der Waals surface area contributed by atoms with Gasteiger partial charge in [-0.2, -0.15) is 0 Å². The van der Waals surface area contributed by atoms with Gasteiger partial charge in [-0.3, -0.25) is 0 Å². The highest BCUT2D eigenvalue weighted by molar-refractivity contribution is 7.99. The van der Waals surface area contributed by atoms with Gasteiger partial charge < -0.3 is 4.90 Å². The molecule has 0 unspecified atom stereocenters. The minimum absolute atomic E-state index is 0.836. The molecule has 0 aliphatic carbocycles. The van der Waals surface area contributed by atoms with E-state index in [9.17, 15) is 0 Å². The van der Waals surface area contributed by atoms with Crippen LogP contribution in [0.1, 0.15) is 13.3 Å². The van der Waals surface area contributed by atoms with Crippen molar-refractivity contribution in [2.75, 3.05) is 17.3 Å². The molecule has 0 N–H and O–H groups in total. The van der Waals surface area contributed by atoms with Gasteiger partial charge in [0.25, 0.3) is 0 Å². The Morgan fingerprint density at radius 2 is 2.38 bits per heavy atom. The third-order valence-corrected chi connectivity index (χ3v) is 3.46. The van der Waals surface area contributed by atoms with Gasteiger partial charge in [0.05, 0.1) is 11.6 Å². The maximum Gasteiger partial charge on any atom is 0.0686 e. The lowest BCUT2D eigenvalue weighted by Gasteiger charge is -2.16. The van der Waals surface area contributed by atoms with Gasteiger partial charge in [0.2, 0.25) is 0 Å². The fraction of sp³-hybridized carbons (Fsp3) is 0.400. The summed E-state index contributed by atoms with van der Waals surface area (Å²) in [5.74, 6) is 1.07. The Kier molecular flexibility index (Phi) is 2.70. The second-order valence-corrected chi connectivity index (χ2v) is 4.57. The van der Waals surface area contributed by atoms with Crippen molar-refractivity contribution in [2.24, 2.45) is 0 Å². The van der Waals surface area contributed by atoms with Crippen molar-refractivity contribution < 1.29 is 0 Å². The van der Waals surface area contributed by atoms with E-state index in [0.717, 1.165) is 17.4 Å². The minimum atomic E-state index is 0.836. The number of fused-ring (bicyclic) bond motifs is 1. The second-order valence-electron chi connectivity index (χ2n) is 3.15. The summed E-state index contributed by atoms with van der Waals surface area (Å²) < 4.78 is 0. The van der Waals surface area contributed by atoms with Crippen LogP contribution in [0.5, 0.6) is 0 Å². The molecule has 1 aromatic rings. The Balaban J connectivity index is 2.29. The van der Waals surface area contributed by atoms with Crippen LogP contribution in [-0.2, 0) is 0 Å². The fourth-order valence-corrected chi connectivity index (χ4v) is 2.76. The van der Waals surface area contributed by atoms with Crippen LogP contribution in [0.2, 0.25) is 5.02 Å². The number of rotatable bonds is 2. The van der Waals surface area contributed by atoms with Crippen molar-refractivity contribution in [3.8, 4) is 0 Å². The predicted octanol–water partition coefficient (Wildman–Crippen LogP) is 3.62. The molecule has 1 aromatic carbocycles. The zero-order valence-corrected chi connectivity index (χ0v) is 9.16. The number of hydrogen-bond acceptors (Lipinski definition) is 2. The molecule has 0 atom stereocenters. The average Bonchev–Trinajstić information content (AvgIpc) is 2.49. The van der Waals surface area contributed by atoms with E-state index >= 15 is 0 Å². The van der Waals surface area contributed by atoms with E-state index in [2.05, 4.69) is 24.0 Å². The lowest BCUT2D eigenvalue weighted by Crippen LogP contribution is -2.19. The quantitative estimate of drug-likeness (QED) is 0.739. The lowest BCUT2D eigenvalue weighted by atomic mass is 10.3. The van der Waals surface area contributed by atoms with Crippen molar-refractivity contribution in [3.63, 3.8) is 0 Å². The van der Waals surface area contributed by atoms with Crippen LogP contribution in [0.25, 0.3) is 0 Å². The summed E-state index contributed by atoms with van der Waals surface area (Å²) in [4.78, 5) is 3.74. The van der Waals surface area contributed by atoms with E-state index in [1.165, 1.54) is 17.0 Å². The van der Waals surface area contributed by atoms with Crippen molar-refractivity contribution in [3.05, 3.63) is 23.2 Å². The van der Waals surface area contributed by atoms with Gasteiger partial charge >= 0.3 is 0 Å². The molecule has 2 rings (SSSR count). The molecule has 13 heavy (non-hydrogen) atoms. The first-order chi connectivity index (χ1) is 6.31. The van der Waals surface area contributed by atoms with E-state index in [1.807, 2.05) is 17.8 Å². The summed E-state index contributed by atoms with van der Waals surface area (Å²) in [7, 11) is 0. The van der Waals surface area contributed by atoms with Gasteiger partial charge in [0.1, 0.15) is 0 Å². The highest BCUT2D eigenvalue weighted by atomic mass is 35.5. The van der Waals surface area contributed by atoms with E-state index in [4.69, 9.17) is 11.6 Å². The van der Waals surface area contributed by atoms with Crippen LogP contribution in [0.3, 0.4) is 0 Å². The van der Waals surface area contributed by atoms with Crippen LogP contribution in [0, 0.1) is 0 Å². The second kappa shape index (κ2) is 3.81. The molecule has 0 bridgehead atoms. The summed E-state index contributed by atoms with van der Waals surface area (Å²) >= 11 is 7.84. The van der Waals surface area contributed by atoms with Crippen LogP contribution in [0.15, 0.2) is 23.1 Å². The summed E-state index contributed by atoms with van der Waals surface area (Å²) in [6.45, 7) is 3.33. The monoisotopic (exact) mass is 213 g/mol. The molecule has 0 saturated carbocycles. The number of hydrogen-bond donors (Lipinski definition) is 0. The van der Waals surface area contributed by atoms with E-state index in [-0.39, 0.29) is 0 Å². The van der Waals surface area contributed by atoms with E-state index in [0.29, 0.717) is 0 Å². The molecular weight excluding hydrogens is 202 g/mol. The van der Waals surface area contributed by atoms with Crippen LogP contribution < -0.4 is 4.90 Å². The highest BCUT2D eigenvalue weighted by Gasteiger charge is 2.18. The van der Waals surface area contributed by atoms with Gasteiger partial charge in [-0.25, -0.2) is 0 Å². The Bertz CT molecular complexity index is 312. The van der Waals surface area contributed by atoms with Crippen LogP contribution in [0.4, 0.5) is 5.69 Å². The fourth-order valence-electron chi connectivity index (χ4n) is 1.53. The number of benzene rings is 1. The molecule has 3 heteroatoms. The molecule has 1 aliphatic rings. The van der Waals surface area contributed by atoms with Crippen LogP contribution in [-0.4, -0.2) is 12.4 Å². The molecule has 1 nitrogen and oxygen atoms in total. The van der Waals surface area contributed by atoms with Crippen molar-refractivity contribution >= 4 is 29.1 Å². The van der Waals surface area contributed by atoms with Gasteiger partial charge in [-0.05, 0) is 24.6 Å². The van der Waals surface area contributed by atoms with Crippen molar-refractivity contribution in [1.29, 1.82) is 0 Å². The number of anilines is 1. The third kappa shape index (κ3) is 1.79. The predicted molar refractivity (Wildman–Crippen MR) is 59.8 cm³/mol. The summed E-state index contributed by atoms with van der Waals surface area (Å²) in [6, 6.07) is 6.13. The third-order valence-electron chi connectivity index (χ3n) is 2.13. The topological polar surface area (TPSA) is 3.24 Å². The average molecular weight is 214 g/mol.